The smallest absolute Gasteiger partial charge is 0.418 e. The first-order valence-electron chi connectivity index (χ1n) is 28.1. The lowest BCUT2D eigenvalue weighted by atomic mass is 9.86. The van der Waals surface area contributed by atoms with Crippen molar-refractivity contribution in [2.75, 3.05) is 40.8 Å². The monoisotopic (exact) mass is 1340 g/mol. The molecule has 0 bridgehead atoms. The summed E-state index contributed by atoms with van der Waals surface area (Å²) in [6.45, 7) is 17.2. The van der Waals surface area contributed by atoms with Crippen LogP contribution in [-0.2, 0) is 49.7 Å². The Kier molecular flexibility index (Phi) is 22.2. The Balaban J connectivity index is 0.000000233. The largest absolute Gasteiger partial charge is 0.468 e. The predicted molar refractivity (Wildman–Crippen MR) is 342 cm³/mol. The molecule has 2 fully saturated rings. The number of hydrogen-bond acceptors (Lipinski definition) is 22. The summed E-state index contributed by atoms with van der Waals surface area (Å²) in [4.78, 5) is 73.3. The zero-order valence-electron chi connectivity index (χ0n) is 52.1. The summed E-state index contributed by atoms with van der Waals surface area (Å²) in [5.41, 5.74) is 3.95. The van der Waals surface area contributed by atoms with E-state index in [9.17, 15) is 31.6 Å². The number of aryl methyl sites for hydroxylation is 1. The zero-order valence-corrected chi connectivity index (χ0v) is 55.6. The minimum Gasteiger partial charge on any atom is -0.468 e. The van der Waals surface area contributed by atoms with Crippen molar-refractivity contribution in [2.24, 2.45) is 27.6 Å². The predicted octanol–water partition coefficient (Wildman–Crippen LogP) is 10.2. The maximum Gasteiger partial charge on any atom is 0.418 e. The summed E-state index contributed by atoms with van der Waals surface area (Å²) in [5, 5.41) is 0.249. The summed E-state index contributed by atoms with van der Waals surface area (Å²) >= 11 is 2.18. The molecule has 2 aliphatic carbocycles. The lowest BCUT2D eigenvalue weighted by molar-refractivity contribution is -0.142. The van der Waals surface area contributed by atoms with Crippen molar-refractivity contribution in [1.29, 1.82) is 0 Å². The normalized spacial score (nSPS) is 22.2. The number of carbonyl (C=O) groups is 3. The molecule has 0 spiro atoms. The number of amidine groups is 2. The fraction of sp³-hybridized carbons (Fsp3) is 0.403. The number of aromatic nitrogens is 6. The van der Waals surface area contributed by atoms with E-state index in [0.717, 1.165) is 47.3 Å². The van der Waals surface area contributed by atoms with Gasteiger partial charge in [0.2, 0.25) is 23.7 Å². The van der Waals surface area contributed by atoms with Gasteiger partial charge in [-0.1, -0.05) is 72.7 Å². The van der Waals surface area contributed by atoms with Gasteiger partial charge in [0, 0.05) is 50.0 Å². The summed E-state index contributed by atoms with van der Waals surface area (Å²) in [6, 6.07) is 9.69. The van der Waals surface area contributed by atoms with Crippen LogP contribution in [0.25, 0.3) is 23.8 Å². The number of carbonyl (C=O) groups excluding carboxylic acids is 3. The Morgan fingerprint density at radius 1 is 0.761 bits per heavy atom. The third-order valence-corrected chi connectivity index (χ3v) is 19.9. The van der Waals surface area contributed by atoms with Crippen LogP contribution in [-0.4, -0.2) is 140 Å². The molecule has 6 atom stereocenters. The van der Waals surface area contributed by atoms with Crippen molar-refractivity contribution in [3.8, 4) is 36.4 Å². The van der Waals surface area contributed by atoms with Gasteiger partial charge in [0.25, 0.3) is 10.1 Å². The molecule has 0 unspecified atom stereocenters. The Morgan fingerprint density at radius 2 is 1.23 bits per heavy atom. The second-order valence-corrected chi connectivity index (χ2v) is 33.5. The van der Waals surface area contributed by atoms with Crippen LogP contribution in [0.5, 0.6) is 11.8 Å². The molecule has 9 rings (SSSR count). The number of thioether (sulfide) groups is 2. The van der Waals surface area contributed by atoms with Crippen molar-refractivity contribution < 1.29 is 73.3 Å². The highest BCUT2D eigenvalue weighted by Gasteiger charge is 2.73. The van der Waals surface area contributed by atoms with Gasteiger partial charge in [0.05, 0.1) is 55.0 Å². The highest BCUT2D eigenvalue weighted by atomic mass is 32.2. The molecule has 5 aromatic rings. The van der Waals surface area contributed by atoms with Crippen LogP contribution < -0.4 is 15.2 Å². The Labute approximate surface area is 539 Å². The summed E-state index contributed by atoms with van der Waals surface area (Å²) in [7, 11) is -2.90. The molecule has 2 saturated carbocycles. The van der Waals surface area contributed by atoms with Crippen molar-refractivity contribution in [3.05, 3.63) is 125 Å². The van der Waals surface area contributed by atoms with Crippen LogP contribution in [0.1, 0.15) is 86.7 Å². The van der Waals surface area contributed by atoms with Crippen molar-refractivity contribution in [3.63, 3.8) is 0 Å². The fourth-order valence-electron chi connectivity index (χ4n) is 9.73. The quantitative estimate of drug-likeness (QED) is 0.00948. The van der Waals surface area contributed by atoms with E-state index >= 15 is 8.78 Å². The number of halogens is 4. The van der Waals surface area contributed by atoms with E-state index in [1.807, 2.05) is 6.92 Å². The minimum absolute atomic E-state index is 0.00512. The van der Waals surface area contributed by atoms with Crippen LogP contribution in [0, 0.1) is 55.3 Å². The average Bonchev–Trinajstić information content (AvgIpc) is 1.49. The van der Waals surface area contributed by atoms with Gasteiger partial charge in [-0.05, 0) is 108 Å². The van der Waals surface area contributed by atoms with Gasteiger partial charge in [0.15, 0.2) is 35.2 Å². The van der Waals surface area contributed by atoms with Gasteiger partial charge >= 0.3 is 18.0 Å². The molecule has 22 nitrogen and oxygen atoms in total. The number of methoxy groups -OCH3 is 2. The number of hydrogen-bond donors (Lipinski definition) is 2. The van der Waals surface area contributed by atoms with Crippen molar-refractivity contribution in [2.45, 2.75) is 111 Å². The topological polar surface area (TPSA) is 292 Å². The molecule has 30 heteroatoms. The standard InChI is InChI=1S/C33H41F2N5O6SSi.C22H19F2N5O3S.C7H8O3S/c1-10-11-45-26-19-36-24(18-37-26)23(34)15-21-14-22(27(35)38-17-21)32(5)25-16-33(25,28(41)43-6)47-29(39-32)40(30(42)46-31(2,3)4)20-44-12-13-48(7,8)9;1-4-5-32-17-11-26-15(10-27-17)14(23)7-12-6-13(18(24)28-9-12)21(2)16-8-22(16,19(30)31-3)33-20(25)29-21;1-6-2-4-7(5-3-6)11(8,9)10/h1,14-15,17-19,25H,11-13,16,20H2,2-9H3;1,6-7,9-11,16H,5,8H2,2-3H3,(H2,25,29);2-5H,1H3,(H,8,9,10)/b23-15-;14-7-;/t25-,32+,33-;16-,21+,22-;/m00./s1. The van der Waals surface area contributed by atoms with Gasteiger partial charge < -0.3 is 34.2 Å². The number of ether oxygens (including phenoxy) is 6. The molecular formula is C62H68F4N10O12S3Si. The Hall–Kier alpha value is -8.26. The molecular weight excluding hydrogens is 1280 g/mol. The molecule has 4 aliphatic rings. The highest BCUT2D eigenvalue weighted by molar-refractivity contribution is 8.16. The van der Waals surface area contributed by atoms with Crippen LogP contribution in [0.2, 0.25) is 25.7 Å². The molecule has 1 aromatic carbocycles. The van der Waals surface area contributed by atoms with Gasteiger partial charge in [-0.2, -0.15) is 17.2 Å². The van der Waals surface area contributed by atoms with Crippen LogP contribution >= 0.6 is 23.5 Å². The van der Waals surface area contributed by atoms with E-state index in [0.29, 0.717) is 13.0 Å². The average molecular weight is 1350 g/mol. The van der Waals surface area contributed by atoms with Crippen LogP contribution in [0.3, 0.4) is 0 Å². The Bertz CT molecular complexity index is 3920. The molecule has 0 saturated heterocycles. The van der Waals surface area contributed by atoms with E-state index in [-0.39, 0.29) is 92.9 Å². The van der Waals surface area contributed by atoms with Gasteiger partial charge in [-0.25, -0.2) is 48.4 Å². The molecule has 6 heterocycles. The van der Waals surface area contributed by atoms with Crippen LogP contribution in [0.4, 0.5) is 22.4 Å². The maximum atomic E-state index is 15.7. The summed E-state index contributed by atoms with van der Waals surface area (Å²) < 4.78 is 120. The number of pyridine rings is 2. The lowest BCUT2D eigenvalue weighted by Crippen LogP contribution is -2.47. The van der Waals surface area contributed by atoms with E-state index in [4.69, 9.17) is 56.5 Å². The molecule has 3 N–H and O–H groups in total. The molecule has 2 aliphatic heterocycles. The number of amides is 1. The number of terminal acetylenes is 2. The Morgan fingerprint density at radius 3 is 1.64 bits per heavy atom. The van der Waals surface area contributed by atoms with Crippen molar-refractivity contribution in [1.82, 2.24) is 34.8 Å². The SMILES string of the molecule is C#CCOc1cnc(/C(F)=C/c2cnc(F)c([C@@]3(C)N=C(N(COCC[Si](C)(C)C)C(=O)OC(C)(C)C)S[C@@]4(C(=O)OC)C[C@H]43)c2)cn1.C#CCOc1cnc(/C(F)=C/c2cnc(F)c([C@@]3(C)N=C(N)S[C@@]4(C(=O)OC)C[C@H]43)c2)cn1.Cc1ccc(S(=O)(=O)O)cc1. The highest BCUT2D eigenvalue weighted by Crippen LogP contribution is 2.68. The molecule has 488 valence electrons. The van der Waals surface area contributed by atoms with Gasteiger partial charge in [0.1, 0.15) is 33.2 Å². The van der Waals surface area contributed by atoms with E-state index in [2.05, 4.69) is 66.4 Å². The minimum atomic E-state index is -4.02. The van der Waals surface area contributed by atoms with Gasteiger partial charge in [-0.15, -0.1) is 12.8 Å². The first-order chi connectivity index (χ1) is 43.1. The molecule has 92 heavy (non-hydrogen) atoms. The second-order valence-electron chi connectivity index (χ2n) is 23.8. The maximum absolute atomic E-state index is 15.7. The number of fused-ring (bicyclic) bond motifs is 2. The molecule has 4 aromatic heterocycles. The summed E-state index contributed by atoms with van der Waals surface area (Å²) in [6.07, 6.45) is 19.7. The number of aliphatic imine (C=N–C) groups is 2. The number of rotatable bonds is 18. The number of nitrogens with two attached hydrogens (primary N) is 1. The number of nitrogens with zero attached hydrogens (tertiary/aromatic N) is 9. The third kappa shape index (κ3) is 17.1. The second kappa shape index (κ2) is 28.7. The fourth-order valence-corrected chi connectivity index (χ4v) is 14.0. The third-order valence-electron chi connectivity index (χ3n) is 14.6. The van der Waals surface area contributed by atoms with Crippen molar-refractivity contribution >= 4 is 93.9 Å². The first kappa shape index (κ1) is 71.2. The number of esters is 2. The van der Waals surface area contributed by atoms with E-state index < -0.39 is 91.9 Å². The molecule has 1 amide bonds. The van der Waals surface area contributed by atoms with E-state index in [1.165, 1.54) is 80.6 Å². The lowest BCUT2D eigenvalue weighted by Gasteiger charge is -2.37. The van der Waals surface area contributed by atoms with Crippen LogP contribution in [0.15, 0.2) is 88.5 Å². The van der Waals surface area contributed by atoms with Gasteiger partial charge in [-0.3, -0.25) is 24.1 Å². The van der Waals surface area contributed by atoms with E-state index in [1.54, 1.807) is 46.8 Å². The zero-order chi connectivity index (χ0) is 67.8. The summed E-state index contributed by atoms with van der Waals surface area (Å²) in [5.74, 6) is -0.0875. The first-order valence-corrected chi connectivity index (χ1v) is 34.9. The number of benzene rings is 1. The molecule has 0 radical (unpaired) electrons.